The molecule has 1 aliphatic rings. The van der Waals surface area contributed by atoms with E-state index in [1.165, 1.54) is 12.1 Å². The molecule has 1 heterocycles. The van der Waals surface area contributed by atoms with Gasteiger partial charge in [-0.2, -0.15) is 4.39 Å². The lowest BCUT2D eigenvalue weighted by atomic mass is 9.81. The van der Waals surface area contributed by atoms with Gasteiger partial charge < -0.3 is 10.4 Å². The number of nitrogens with zero attached hydrogens (tertiary/aromatic N) is 1. The van der Waals surface area contributed by atoms with Crippen LogP contribution in [0.2, 0.25) is 0 Å². The van der Waals surface area contributed by atoms with Gasteiger partial charge in [-0.15, -0.1) is 0 Å². The molecule has 0 bridgehead atoms. The maximum Gasteiger partial charge on any atom is 0.329 e. The number of carboxylic acids is 1. The van der Waals surface area contributed by atoms with E-state index in [4.69, 9.17) is 0 Å². The third-order valence-corrected chi connectivity index (χ3v) is 3.42. The Morgan fingerprint density at radius 2 is 1.95 bits per heavy atom. The highest BCUT2D eigenvalue weighted by Crippen LogP contribution is 2.28. The molecule has 1 amide bonds. The number of carbonyl (C=O) groups excluding carboxylic acids is 1. The van der Waals surface area contributed by atoms with Crippen LogP contribution in [0.5, 0.6) is 0 Å². The SMILES string of the molecule is O=C(NC1(C(=O)O)CCCCC1)c1cccc(F)n1. The lowest BCUT2D eigenvalue weighted by molar-refractivity contribution is -0.145. The topological polar surface area (TPSA) is 79.3 Å². The number of rotatable bonds is 3. The minimum absolute atomic E-state index is 0.105. The smallest absolute Gasteiger partial charge is 0.329 e. The fourth-order valence-electron chi connectivity index (χ4n) is 2.36. The molecule has 1 aliphatic carbocycles. The monoisotopic (exact) mass is 266 g/mol. The van der Waals surface area contributed by atoms with Crippen LogP contribution >= 0.6 is 0 Å². The van der Waals surface area contributed by atoms with Crippen LogP contribution in [0.15, 0.2) is 18.2 Å². The van der Waals surface area contributed by atoms with Crippen LogP contribution in [-0.2, 0) is 4.79 Å². The van der Waals surface area contributed by atoms with Crippen LogP contribution in [0.25, 0.3) is 0 Å². The summed E-state index contributed by atoms with van der Waals surface area (Å²) in [6, 6.07) is 3.85. The molecule has 1 aromatic heterocycles. The summed E-state index contributed by atoms with van der Waals surface area (Å²) in [7, 11) is 0. The highest BCUT2D eigenvalue weighted by atomic mass is 19.1. The summed E-state index contributed by atoms with van der Waals surface area (Å²) < 4.78 is 13.0. The van der Waals surface area contributed by atoms with Crippen molar-refractivity contribution < 1.29 is 19.1 Å². The maximum atomic E-state index is 13.0. The lowest BCUT2D eigenvalue weighted by Crippen LogP contribution is -2.55. The number of pyridine rings is 1. The van der Waals surface area contributed by atoms with E-state index in [1.54, 1.807) is 0 Å². The third kappa shape index (κ3) is 2.89. The highest BCUT2D eigenvalue weighted by Gasteiger charge is 2.41. The van der Waals surface area contributed by atoms with Gasteiger partial charge in [-0.25, -0.2) is 9.78 Å². The van der Waals surface area contributed by atoms with Crippen molar-refractivity contribution in [1.82, 2.24) is 10.3 Å². The van der Waals surface area contributed by atoms with Crippen molar-refractivity contribution in [3.63, 3.8) is 0 Å². The second-order valence-electron chi connectivity index (χ2n) is 4.75. The molecule has 2 rings (SSSR count). The summed E-state index contributed by atoms with van der Waals surface area (Å²) in [6.45, 7) is 0. The molecule has 6 heteroatoms. The summed E-state index contributed by atoms with van der Waals surface area (Å²) in [5, 5.41) is 11.8. The summed E-state index contributed by atoms with van der Waals surface area (Å²) in [5.74, 6) is -2.46. The Balaban J connectivity index is 2.18. The maximum absolute atomic E-state index is 13.0. The molecular formula is C13H15FN2O3. The molecule has 102 valence electrons. The summed E-state index contributed by atoms with van der Waals surface area (Å²) in [4.78, 5) is 26.8. The van der Waals surface area contributed by atoms with E-state index in [2.05, 4.69) is 10.3 Å². The molecule has 0 spiro atoms. The van der Waals surface area contributed by atoms with Crippen LogP contribution < -0.4 is 5.32 Å². The van der Waals surface area contributed by atoms with Crippen molar-refractivity contribution in [1.29, 1.82) is 0 Å². The predicted molar refractivity (Wildman–Crippen MR) is 65.1 cm³/mol. The van der Waals surface area contributed by atoms with E-state index >= 15 is 0 Å². The molecule has 0 radical (unpaired) electrons. The Hall–Kier alpha value is -1.98. The van der Waals surface area contributed by atoms with Crippen LogP contribution in [0.1, 0.15) is 42.6 Å². The van der Waals surface area contributed by atoms with Crippen molar-refractivity contribution in [2.45, 2.75) is 37.6 Å². The number of hydrogen-bond acceptors (Lipinski definition) is 3. The van der Waals surface area contributed by atoms with Gasteiger partial charge in [-0.3, -0.25) is 4.79 Å². The van der Waals surface area contributed by atoms with E-state index in [9.17, 15) is 19.1 Å². The second-order valence-corrected chi connectivity index (χ2v) is 4.75. The lowest BCUT2D eigenvalue weighted by Gasteiger charge is -2.33. The molecular weight excluding hydrogens is 251 g/mol. The Morgan fingerprint density at radius 1 is 1.26 bits per heavy atom. The van der Waals surface area contributed by atoms with Gasteiger partial charge in [0.2, 0.25) is 5.95 Å². The molecule has 0 atom stereocenters. The predicted octanol–water partition coefficient (Wildman–Crippen LogP) is 1.74. The zero-order valence-electron chi connectivity index (χ0n) is 10.4. The minimum Gasteiger partial charge on any atom is -0.480 e. The zero-order chi connectivity index (χ0) is 13.9. The van der Waals surface area contributed by atoms with Gasteiger partial charge in [0.1, 0.15) is 11.2 Å². The first-order chi connectivity index (χ1) is 9.03. The molecule has 0 unspecified atom stereocenters. The first kappa shape index (κ1) is 13.5. The standard InChI is InChI=1S/C13H15FN2O3/c14-10-6-4-5-9(15-10)11(17)16-13(12(18)19)7-2-1-3-8-13/h4-6H,1-3,7-8H2,(H,16,17)(H,18,19). The average Bonchev–Trinajstić information content (AvgIpc) is 2.39. The zero-order valence-corrected chi connectivity index (χ0v) is 10.4. The number of aliphatic carboxylic acids is 1. The molecule has 0 aliphatic heterocycles. The first-order valence-corrected chi connectivity index (χ1v) is 6.22. The Kier molecular flexibility index (Phi) is 3.78. The Labute approximate surface area is 109 Å². The normalized spacial score (nSPS) is 17.7. The van der Waals surface area contributed by atoms with Crippen LogP contribution in [0, 0.1) is 5.95 Å². The van der Waals surface area contributed by atoms with Gasteiger partial charge in [0, 0.05) is 0 Å². The third-order valence-electron chi connectivity index (χ3n) is 3.42. The largest absolute Gasteiger partial charge is 0.480 e. The molecule has 1 fully saturated rings. The second kappa shape index (κ2) is 5.34. The van der Waals surface area contributed by atoms with E-state index in [0.29, 0.717) is 12.8 Å². The highest BCUT2D eigenvalue weighted by molar-refractivity contribution is 5.96. The molecule has 1 aromatic rings. The van der Waals surface area contributed by atoms with Crippen molar-refractivity contribution in [2.24, 2.45) is 0 Å². The number of hydrogen-bond donors (Lipinski definition) is 2. The number of carbonyl (C=O) groups is 2. The summed E-state index contributed by atoms with van der Waals surface area (Å²) >= 11 is 0. The van der Waals surface area contributed by atoms with Gasteiger partial charge >= 0.3 is 5.97 Å². The van der Waals surface area contributed by atoms with Crippen LogP contribution in [0.3, 0.4) is 0 Å². The van der Waals surface area contributed by atoms with Crippen molar-refractivity contribution in [3.8, 4) is 0 Å². The average molecular weight is 266 g/mol. The molecule has 0 aromatic carbocycles. The van der Waals surface area contributed by atoms with E-state index < -0.39 is 23.4 Å². The van der Waals surface area contributed by atoms with Crippen molar-refractivity contribution >= 4 is 11.9 Å². The molecule has 0 saturated heterocycles. The van der Waals surface area contributed by atoms with E-state index in [-0.39, 0.29) is 5.69 Å². The van der Waals surface area contributed by atoms with Crippen molar-refractivity contribution in [3.05, 3.63) is 29.8 Å². The quantitative estimate of drug-likeness (QED) is 0.817. The van der Waals surface area contributed by atoms with Crippen LogP contribution in [0.4, 0.5) is 4.39 Å². The fraction of sp³-hybridized carbons (Fsp3) is 0.462. The van der Waals surface area contributed by atoms with Gasteiger partial charge in [0.25, 0.3) is 5.91 Å². The van der Waals surface area contributed by atoms with Gasteiger partial charge in [-0.05, 0) is 25.0 Å². The number of amides is 1. The molecule has 5 nitrogen and oxygen atoms in total. The Bertz CT molecular complexity index is 498. The fourth-order valence-corrected chi connectivity index (χ4v) is 2.36. The van der Waals surface area contributed by atoms with Crippen LogP contribution in [-0.4, -0.2) is 27.5 Å². The Morgan fingerprint density at radius 3 is 2.53 bits per heavy atom. The minimum atomic E-state index is -1.25. The number of aromatic nitrogens is 1. The molecule has 19 heavy (non-hydrogen) atoms. The van der Waals surface area contributed by atoms with E-state index in [1.807, 2.05) is 0 Å². The first-order valence-electron chi connectivity index (χ1n) is 6.22. The number of halogens is 1. The number of carboxylic acid groups (broad SMARTS) is 1. The summed E-state index contributed by atoms with van der Waals surface area (Å²) in [6.07, 6.45) is 3.25. The molecule has 1 saturated carbocycles. The summed E-state index contributed by atoms with van der Waals surface area (Å²) in [5.41, 5.74) is -1.35. The van der Waals surface area contributed by atoms with E-state index in [0.717, 1.165) is 25.3 Å². The van der Waals surface area contributed by atoms with Crippen molar-refractivity contribution in [2.75, 3.05) is 0 Å². The van der Waals surface area contributed by atoms with Gasteiger partial charge in [0.05, 0.1) is 0 Å². The van der Waals surface area contributed by atoms with Gasteiger partial charge in [0.15, 0.2) is 0 Å². The molecule has 2 N–H and O–H groups in total. The van der Waals surface area contributed by atoms with Gasteiger partial charge in [-0.1, -0.05) is 25.3 Å². The number of nitrogens with one attached hydrogen (secondary N) is 1.